The third-order valence-electron chi connectivity index (χ3n) is 4.39. The van der Waals surface area contributed by atoms with Crippen molar-refractivity contribution in [1.29, 1.82) is 0 Å². The highest BCUT2D eigenvalue weighted by molar-refractivity contribution is 8.00. The van der Waals surface area contributed by atoms with Gasteiger partial charge in [0.1, 0.15) is 12.4 Å². The molecule has 0 spiro atoms. The van der Waals surface area contributed by atoms with E-state index in [0.717, 1.165) is 12.1 Å². The lowest BCUT2D eigenvalue weighted by atomic mass is 10.1. The second-order valence-corrected chi connectivity index (χ2v) is 8.24. The molecule has 2 aromatic carbocycles. The second kappa shape index (κ2) is 9.80. The number of rotatable bonds is 8. The molecule has 1 N–H and O–H groups in total. The smallest absolute Gasteiger partial charge is 0.237 e. The number of carbonyl (C=O) groups excluding carboxylic acids is 1. The number of benzene rings is 2. The summed E-state index contributed by atoms with van der Waals surface area (Å²) in [6, 6.07) is 15.0. The Morgan fingerprint density at radius 2 is 1.86 bits per heavy atom. The molecule has 0 aliphatic heterocycles. The molecule has 0 bridgehead atoms. The van der Waals surface area contributed by atoms with Gasteiger partial charge >= 0.3 is 0 Å². The number of thioether (sulfide) groups is 1. The summed E-state index contributed by atoms with van der Waals surface area (Å²) in [6.07, 6.45) is 0.969. The van der Waals surface area contributed by atoms with Crippen LogP contribution in [0.4, 0.5) is 5.69 Å². The molecule has 8 heteroatoms. The minimum atomic E-state index is -0.325. The summed E-state index contributed by atoms with van der Waals surface area (Å²) in [5.41, 5.74) is 2.02. The standard InChI is InChI=1S/C21H23ClN4O2S/c1-4-15-5-9-17(10-6-15)23-20(27)14(2)29-21-25-24-19(26(21)3)13-28-18-11-7-16(22)8-12-18/h5-12,14H,4,13H2,1-3H3,(H,23,27). The highest BCUT2D eigenvalue weighted by Gasteiger charge is 2.19. The third-order valence-corrected chi connectivity index (χ3v) is 5.77. The fourth-order valence-electron chi connectivity index (χ4n) is 2.53. The van der Waals surface area contributed by atoms with Crippen molar-refractivity contribution in [2.75, 3.05) is 5.32 Å². The van der Waals surface area contributed by atoms with E-state index in [1.54, 1.807) is 24.3 Å². The van der Waals surface area contributed by atoms with Crippen LogP contribution in [0.3, 0.4) is 0 Å². The highest BCUT2D eigenvalue weighted by Crippen LogP contribution is 2.23. The number of hydrogen-bond acceptors (Lipinski definition) is 5. The molecule has 1 unspecified atom stereocenters. The van der Waals surface area contributed by atoms with Gasteiger partial charge in [-0.1, -0.05) is 42.4 Å². The summed E-state index contributed by atoms with van der Waals surface area (Å²) >= 11 is 7.23. The molecular weight excluding hydrogens is 408 g/mol. The van der Waals surface area contributed by atoms with E-state index in [2.05, 4.69) is 22.4 Å². The van der Waals surface area contributed by atoms with Gasteiger partial charge in [-0.3, -0.25) is 4.79 Å². The number of hydrogen-bond donors (Lipinski definition) is 1. The van der Waals surface area contributed by atoms with Crippen LogP contribution >= 0.6 is 23.4 Å². The molecule has 0 aliphatic carbocycles. The van der Waals surface area contributed by atoms with Crippen molar-refractivity contribution in [2.24, 2.45) is 7.05 Å². The highest BCUT2D eigenvalue weighted by atomic mass is 35.5. The maximum Gasteiger partial charge on any atom is 0.237 e. The minimum Gasteiger partial charge on any atom is -0.486 e. The zero-order valence-electron chi connectivity index (χ0n) is 16.6. The molecule has 0 aliphatic rings. The molecule has 6 nitrogen and oxygen atoms in total. The molecule has 1 heterocycles. The Kier molecular flexibility index (Phi) is 7.17. The van der Waals surface area contributed by atoms with Gasteiger partial charge in [-0.25, -0.2) is 0 Å². The SMILES string of the molecule is CCc1ccc(NC(=O)C(C)Sc2nnc(COc3ccc(Cl)cc3)n2C)cc1. The number of aromatic nitrogens is 3. The van der Waals surface area contributed by atoms with Crippen LogP contribution < -0.4 is 10.1 Å². The van der Waals surface area contributed by atoms with E-state index in [-0.39, 0.29) is 17.8 Å². The normalized spacial score (nSPS) is 11.9. The van der Waals surface area contributed by atoms with Gasteiger partial charge in [0, 0.05) is 17.8 Å². The van der Waals surface area contributed by atoms with Gasteiger partial charge in [0.15, 0.2) is 11.0 Å². The first-order valence-electron chi connectivity index (χ1n) is 9.29. The predicted octanol–water partition coefficient (Wildman–Crippen LogP) is 4.73. The van der Waals surface area contributed by atoms with Gasteiger partial charge in [-0.2, -0.15) is 0 Å². The lowest BCUT2D eigenvalue weighted by Crippen LogP contribution is -2.22. The lowest BCUT2D eigenvalue weighted by molar-refractivity contribution is -0.115. The summed E-state index contributed by atoms with van der Waals surface area (Å²) in [6.45, 7) is 4.22. The van der Waals surface area contributed by atoms with Crippen LogP contribution in [0.15, 0.2) is 53.7 Å². The molecule has 1 atom stereocenters. The fraction of sp³-hybridized carbons (Fsp3) is 0.286. The number of carbonyl (C=O) groups is 1. The van der Waals surface area contributed by atoms with Crippen molar-refractivity contribution in [3.8, 4) is 5.75 Å². The Balaban J connectivity index is 1.56. The van der Waals surface area contributed by atoms with E-state index in [1.165, 1.54) is 17.3 Å². The van der Waals surface area contributed by atoms with E-state index >= 15 is 0 Å². The van der Waals surface area contributed by atoms with Gasteiger partial charge in [-0.05, 0) is 55.3 Å². The van der Waals surface area contributed by atoms with Crippen LogP contribution in [-0.4, -0.2) is 25.9 Å². The van der Waals surface area contributed by atoms with Crippen molar-refractivity contribution in [2.45, 2.75) is 37.3 Å². The monoisotopic (exact) mass is 430 g/mol. The Labute approximate surface area is 179 Å². The quantitative estimate of drug-likeness (QED) is 0.523. The van der Waals surface area contributed by atoms with Gasteiger partial charge in [0.2, 0.25) is 5.91 Å². The number of halogens is 1. The molecule has 0 fully saturated rings. The summed E-state index contributed by atoms with van der Waals surface area (Å²) in [7, 11) is 1.86. The Morgan fingerprint density at radius 3 is 2.52 bits per heavy atom. The van der Waals surface area contributed by atoms with Crippen LogP contribution in [0.5, 0.6) is 5.75 Å². The maximum atomic E-state index is 12.5. The van der Waals surface area contributed by atoms with Gasteiger partial charge in [0.25, 0.3) is 0 Å². The number of nitrogens with zero attached hydrogens (tertiary/aromatic N) is 3. The van der Waals surface area contributed by atoms with E-state index in [1.807, 2.05) is 42.8 Å². The van der Waals surface area contributed by atoms with E-state index in [9.17, 15) is 4.79 Å². The topological polar surface area (TPSA) is 69.0 Å². The predicted molar refractivity (Wildman–Crippen MR) is 117 cm³/mol. The molecule has 3 aromatic rings. The molecule has 3 rings (SSSR count). The van der Waals surface area contributed by atoms with Crippen molar-refractivity contribution in [1.82, 2.24) is 14.8 Å². The molecule has 29 heavy (non-hydrogen) atoms. The van der Waals surface area contributed by atoms with Crippen LogP contribution in [0.2, 0.25) is 5.02 Å². The van der Waals surface area contributed by atoms with Crippen LogP contribution in [0.1, 0.15) is 25.2 Å². The van der Waals surface area contributed by atoms with Crippen LogP contribution in [0, 0.1) is 0 Å². The van der Waals surface area contributed by atoms with Crippen LogP contribution in [-0.2, 0) is 24.9 Å². The number of aryl methyl sites for hydroxylation is 1. The largest absolute Gasteiger partial charge is 0.486 e. The minimum absolute atomic E-state index is 0.0822. The first kappa shape index (κ1) is 21.2. The van der Waals surface area contributed by atoms with Crippen molar-refractivity contribution < 1.29 is 9.53 Å². The van der Waals surface area contributed by atoms with Crippen LogP contribution in [0.25, 0.3) is 0 Å². The number of anilines is 1. The Morgan fingerprint density at radius 1 is 1.17 bits per heavy atom. The number of nitrogens with one attached hydrogen (secondary N) is 1. The molecule has 1 amide bonds. The molecule has 0 saturated carbocycles. The Hall–Kier alpha value is -2.51. The lowest BCUT2D eigenvalue weighted by Gasteiger charge is -2.12. The van der Waals surface area contributed by atoms with Gasteiger partial charge in [0.05, 0.1) is 5.25 Å². The Bertz CT molecular complexity index is 958. The molecule has 0 saturated heterocycles. The summed E-state index contributed by atoms with van der Waals surface area (Å²) in [4.78, 5) is 12.5. The second-order valence-electron chi connectivity index (χ2n) is 6.50. The zero-order valence-corrected chi connectivity index (χ0v) is 18.1. The zero-order chi connectivity index (χ0) is 20.8. The van der Waals surface area contributed by atoms with Crippen molar-refractivity contribution >= 4 is 35.0 Å². The van der Waals surface area contributed by atoms with E-state index in [4.69, 9.17) is 16.3 Å². The van der Waals surface area contributed by atoms with Crippen molar-refractivity contribution in [3.05, 3.63) is 64.9 Å². The summed E-state index contributed by atoms with van der Waals surface area (Å²) < 4.78 is 7.55. The molecule has 0 radical (unpaired) electrons. The number of amides is 1. The maximum absolute atomic E-state index is 12.5. The first-order chi connectivity index (χ1) is 14.0. The first-order valence-corrected chi connectivity index (χ1v) is 10.5. The average molecular weight is 431 g/mol. The molecular formula is C21H23ClN4O2S. The number of ether oxygens (including phenoxy) is 1. The fourth-order valence-corrected chi connectivity index (χ4v) is 3.49. The summed E-state index contributed by atoms with van der Waals surface area (Å²) in [5.74, 6) is 1.29. The van der Waals surface area contributed by atoms with E-state index in [0.29, 0.717) is 21.8 Å². The van der Waals surface area contributed by atoms with Crippen molar-refractivity contribution in [3.63, 3.8) is 0 Å². The van der Waals surface area contributed by atoms with Gasteiger partial charge < -0.3 is 14.6 Å². The molecule has 1 aromatic heterocycles. The third kappa shape index (κ3) is 5.74. The average Bonchev–Trinajstić information content (AvgIpc) is 3.07. The molecule has 152 valence electrons. The van der Waals surface area contributed by atoms with Gasteiger partial charge in [-0.15, -0.1) is 10.2 Å². The van der Waals surface area contributed by atoms with E-state index < -0.39 is 0 Å². The summed E-state index contributed by atoms with van der Waals surface area (Å²) in [5, 5.41) is 12.3.